The summed E-state index contributed by atoms with van der Waals surface area (Å²) in [6.45, 7) is 0. The molecule has 0 N–H and O–H groups in total. The minimum atomic E-state index is -0.475. The van der Waals surface area contributed by atoms with E-state index in [1.54, 1.807) is 53.2 Å². The number of benzene rings is 2. The number of nitrogens with zero attached hydrogens (tertiary/aromatic N) is 4. The predicted molar refractivity (Wildman–Crippen MR) is 118 cm³/mol. The Hall–Kier alpha value is -3.20. The fraction of sp³-hybridized carbons (Fsp3) is 0. The van der Waals surface area contributed by atoms with E-state index in [0.29, 0.717) is 31.9 Å². The smallest absolute Gasteiger partial charge is 0.294 e. The van der Waals surface area contributed by atoms with Gasteiger partial charge >= 0.3 is 0 Å². The van der Waals surface area contributed by atoms with Gasteiger partial charge in [-0.15, -0.1) is 11.3 Å². The van der Waals surface area contributed by atoms with Crippen molar-refractivity contribution < 1.29 is 9.34 Å². The summed E-state index contributed by atoms with van der Waals surface area (Å²) in [5, 5.41) is 18.6. The van der Waals surface area contributed by atoms with E-state index in [9.17, 15) is 10.1 Å². The van der Waals surface area contributed by atoms with Crippen LogP contribution < -0.4 is 4.80 Å². The van der Waals surface area contributed by atoms with Crippen LogP contribution in [-0.2, 0) is 0 Å². The van der Waals surface area contributed by atoms with E-state index >= 15 is 0 Å². The first kappa shape index (κ1) is 20.1. The molecule has 2 heterocycles. The van der Waals surface area contributed by atoms with Crippen LogP contribution in [0.4, 0.5) is 11.4 Å². The molecule has 0 aliphatic carbocycles. The van der Waals surface area contributed by atoms with Crippen molar-refractivity contribution in [1.82, 2.24) is 4.68 Å². The molecule has 0 aliphatic rings. The summed E-state index contributed by atoms with van der Waals surface area (Å²) in [5.41, 5.74) is 1.40. The van der Waals surface area contributed by atoms with E-state index in [-0.39, 0.29) is 11.4 Å². The van der Waals surface area contributed by atoms with Crippen LogP contribution in [0.3, 0.4) is 0 Å². The first-order valence-corrected chi connectivity index (χ1v) is 10.2. The van der Waals surface area contributed by atoms with Crippen molar-refractivity contribution in [3.8, 4) is 11.3 Å². The van der Waals surface area contributed by atoms with Gasteiger partial charge < -0.3 is 4.42 Å². The average Bonchev–Trinajstić information content (AvgIpc) is 3.38. The van der Waals surface area contributed by atoms with Crippen molar-refractivity contribution >= 4 is 52.1 Å². The molecule has 0 bridgehead atoms. The third-order valence-electron chi connectivity index (χ3n) is 4.03. The maximum Gasteiger partial charge on any atom is 0.294 e. The second-order valence-electron chi connectivity index (χ2n) is 5.96. The molecule has 4 rings (SSSR count). The number of para-hydroxylation sites is 2. The van der Waals surface area contributed by atoms with E-state index in [1.165, 1.54) is 29.9 Å². The van der Waals surface area contributed by atoms with Crippen molar-refractivity contribution in [1.29, 1.82) is 0 Å². The molecule has 7 nitrogen and oxygen atoms in total. The van der Waals surface area contributed by atoms with Crippen molar-refractivity contribution in [3.63, 3.8) is 0 Å². The van der Waals surface area contributed by atoms with Crippen LogP contribution in [-0.4, -0.2) is 15.8 Å². The lowest BCUT2D eigenvalue weighted by molar-refractivity contribution is -0.384. The zero-order valence-electron chi connectivity index (χ0n) is 15.1. The Labute approximate surface area is 184 Å². The largest absolute Gasteiger partial charge is 0.463 e. The highest BCUT2D eigenvalue weighted by molar-refractivity contribution is 7.07. The molecule has 2 aromatic carbocycles. The van der Waals surface area contributed by atoms with E-state index in [1.807, 2.05) is 5.38 Å². The third kappa shape index (κ3) is 4.20. The summed E-state index contributed by atoms with van der Waals surface area (Å²) in [5.74, 6) is 0.536. The van der Waals surface area contributed by atoms with E-state index in [2.05, 4.69) is 10.1 Å². The Kier molecular flexibility index (Phi) is 5.80. The lowest BCUT2D eigenvalue weighted by Crippen LogP contribution is -2.11. The number of halogens is 2. The van der Waals surface area contributed by atoms with Crippen LogP contribution in [0.15, 0.2) is 80.8 Å². The summed E-state index contributed by atoms with van der Waals surface area (Å²) >= 11 is 13.8. The number of hydrogen-bond donors (Lipinski definition) is 0. The first-order chi connectivity index (χ1) is 14.5. The number of nitro benzene ring substituents is 1. The van der Waals surface area contributed by atoms with Gasteiger partial charge in [-0.3, -0.25) is 10.1 Å². The van der Waals surface area contributed by atoms with Gasteiger partial charge in [0.25, 0.3) is 5.69 Å². The zero-order chi connectivity index (χ0) is 21.1. The van der Waals surface area contributed by atoms with Crippen molar-refractivity contribution in [2.24, 2.45) is 10.1 Å². The highest BCUT2D eigenvalue weighted by Crippen LogP contribution is 2.32. The van der Waals surface area contributed by atoms with Crippen LogP contribution in [0.25, 0.3) is 11.3 Å². The van der Waals surface area contributed by atoms with E-state index < -0.39 is 4.92 Å². The maximum atomic E-state index is 11.4. The normalized spacial score (nSPS) is 12.0. The first-order valence-electron chi connectivity index (χ1n) is 8.55. The second kappa shape index (κ2) is 8.66. The fourth-order valence-corrected chi connectivity index (χ4v) is 3.89. The lowest BCUT2D eigenvalue weighted by atomic mass is 10.2. The van der Waals surface area contributed by atoms with Gasteiger partial charge in [-0.25, -0.2) is 9.67 Å². The SMILES string of the molecule is O=[N+]([O-])c1ccccc1N=c1scc(-c2cc(Cl)ccc2Cl)n1N=Cc1ccco1. The summed E-state index contributed by atoms with van der Waals surface area (Å²) in [4.78, 5) is 15.8. The maximum absolute atomic E-state index is 11.4. The molecule has 150 valence electrons. The Balaban J connectivity index is 1.93. The van der Waals surface area contributed by atoms with Gasteiger partial charge in [0.1, 0.15) is 11.4 Å². The number of rotatable bonds is 5. The molecule has 0 radical (unpaired) electrons. The minimum absolute atomic E-state index is 0.102. The summed E-state index contributed by atoms with van der Waals surface area (Å²) in [6.07, 6.45) is 3.06. The average molecular weight is 459 g/mol. The van der Waals surface area contributed by atoms with Crippen LogP contribution in [0.5, 0.6) is 0 Å². The van der Waals surface area contributed by atoms with Gasteiger partial charge in [-0.05, 0) is 36.4 Å². The fourth-order valence-electron chi connectivity index (χ4n) is 2.66. The molecular formula is C20H12Cl2N4O3S. The van der Waals surface area contributed by atoms with Gasteiger partial charge in [-0.1, -0.05) is 35.3 Å². The second-order valence-corrected chi connectivity index (χ2v) is 7.64. The molecule has 0 spiro atoms. The highest BCUT2D eigenvalue weighted by atomic mass is 35.5. The topological polar surface area (TPSA) is 85.9 Å². The summed E-state index contributed by atoms with van der Waals surface area (Å²) in [6, 6.07) is 14.8. The molecule has 0 saturated heterocycles. The number of furan rings is 1. The van der Waals surface area contributed by atoms with Crippen molar-refractivity contribution in [3.05, 3.63) is 97.0 Å². The highest BCUT2D eigenvalue weighted by Gasteiger charge is 2.15. The molecule has 30 heavy (non-hydrogen) atoms. The van der Waals surface area contributed by atoms with Crippen LogP contribution in [0, 0.1) is 10.1 Å². The third-order valence-corrected chi connectivity index (χ3v) is 5.41. The monoisotopic (exact) mass is 458 g/mol. The quantitative estimate of drug-likeness (QED) is 0.204. The Morgan fingerprint density at radius 3 is 2.73 bits per heavy atom. The Bertz CT molecular complexity index is 1310. The molecule has 0 amide bonds. The van der Waals surface area contributed by atoms with Gasteiger partial charge in [0, 0.05) is 22.0 Å². The molecule has 0 unspecified atom stereocenters. The van der Waals surface area contributed by atoms with Crippen LogP contribution >= 0.6 is 34.5 Å². The standard InChI is InChI=1S/C20H12Cl2N4O3S/c21-13-7-8-16(22)15(10-13)19-12-30-20(25(19)23-11-14-4-3-9-29-14)24-17-5-1-2-6-18(17)26(27)28/h1-12H. The zero-order valence-corrected chi connectivity index (χ0v) is 17.4. The van der Waals surface area contributed by atoms with Crippen LogP contribution in [0.1, 0.15) is 5.76 Å². The molecule has 0 aliphatic heterocycles. The predicted octanol–water partition coefficient (Wildman–Crippen LogP) is 6.14. The molecule has 0 fully saturated rings. The van der Waals surface area contributed by atoms with Gasteiger partial charge in [0.2, 0.25) is 4.80 Å². The lowest BCUT2D eigenvalue weighted by Gasteiger charge is -2.06. The Morgan fingerprint density at radius 2 is 1.97 bits per heavy atom. The number of hydrogen-bond acceptors (Lipinski definition) is 6. The van der Waals surface area contributed by atoms with E-state index in [4.69, 9.17) is 27.6 Å². The number of aromatic nitrogens is 1. The molecule has 0 atom stereocenters. The van der Waals surface area contributed by atoms with Crippen molar-refractivity contribution in [2.45, 2.75) is 0 Å². The molecule has 4 aromatic rings. The van der Waals surface area contributed by atoms with Gasteiger partial charge in [0.05, 0.1) is 28.1 Å². The molecule has 10 heteroatoms. The van der Waals surface area contributed by atoms with Crippen molar-refractivity contribution in [2.75, 3.05) is 0 Å². The summed E-state index contributed by atoms with van der Waals surface area (Å²) < 4.78 is 6.85. The molecule has 2 aromatic heterocycles. The van der Waals surface area contributed by atoms with Crippen LogP contribution in [0.2, 0.25) is 10.0 Å². The number of nitro groups is 1. The minimum Gasteiger partial charge on any atom is -0.463 e. The molecule has 0 saturated carbocycles. The van der Waals surface area contributed by atoms with Gasteiger partial charge in [-0.2, -0.15) is 5.10 Å². The summed E-state index contributed by atoms with van der Waals surface area (Å²) in [7, 11) is 0. The van der Waals surface area contributed by atoms with Gasteiger partial charge in [0.15, 0.2) is 0 Å². The van der Waals surface area contributed by atoms with E-state index in [0.717, 1.165) is 0 Å². The number of thiazole rings is 1. The Morgan fingerprint density at radius 1 is 1.13 bits per heavy atom. The molecular weight excluding hydrogens is 447 g/mol.